The fourth-order valence-electron chi connectivity index (χ4n) is 5.02. The summed E-state index contributed by atoms with van der Waals surface area (Å²) in [6, 6.07) is 12.1. The highest BCUT2D eigenvalue weighted by Gasteiger charge is 2.25. The molecule has 2 atom stereocenters. The van der Waals surface area contributed by atoms with Crippen molar-refractivity contribution in [3.63, 3.8) is 0 Å². The third kappa shape index (κ3) is 9.99. The number of methoxy groups -OCH3 is 1. The molecule has 0 spiro atoms. The van der Waals surface area contributed by atoms with E-state index in [1.807, 2.05) is 48.5 Å². The lowest BCUT2D eigenvalue weighted by molar-refractivity contribution is -0.757. The summed E-state index contributed by atoms with van der Waals surface area (Å²) in [4.78, 5) is 43.4. The number of nitrogens with one attached hydrogen (secondary N) is 3. The van der Waals surface area contributed by atoms with Gasteiger partial charge in [-0.2, -0.15) is 0 Å². The van der Waals surface area contributed by atoms with Crippen molar-refractivity contribution in [1.29, 1.82) is 0 Å². The number of H-pyrrole nitrogens is 1. The molecule has 1 aromatic heterocycles. The molecular weight excluding hydrogens is 596 g/mol. The van der Waals surface area contributed by atoms with Crippen LogP contribution in [0.5, 0.6) is 17.2 Å². The number of nitrogens with zero attached hydrogens (tertiary/aromatic N) is 1. The Bertz CT molecular complexity index is 1530. The minimum Gasteiger partial charge on any atom is -0.493 e. The molecule has 1 aliphatic rings. The van der Waals surface area contributed by atoms with E-state index in [1.54, 1.807) is 7.11 Å². The van der Waals surface area contributed by atoms with Crippen LogP contribution in [0.25, 0.3) is 23.1 Å². The van der Waals surface area contributed by atoms with Crippen molar-refractivity contribution < 1.29 is 38.5 Å². The first-order valence-corrected chi connectivity index (χ1v) is 15.2. The Morgan fingerprint density at radius 1 is 1.00 bits per heavy atom. The summed E-state index contributed by atoms with van der Waals surface area (Å²) in [6.45, 7) is 2.26. The van der Waals surface area contributed by atoms with Crippen molar-refractivity contribution in [2.45, 2.75) is 44.8 Å². The molecule has 0 fully saturated rings. The molecule has 0 aliphatic heterocycles. The third-order valence-corrected chi connectivity index (χ3v) is 7.13. The van der Waals surface area contributed by atoms with Crippen molar-refractivity contribution >= 4 is 34.9 Å². The number of hydrogen-bond acceptors (Lipinski definition) is 10. The standard InChI is InChI=1S/C33H40N4O9/c1-23(38)35-28(13-8-9-19-45-37(40)41)33(39)46-24(21-34-18-20-43-30-16-7-6-15-29(30)42-2)22-44-31-17-10-14-27-32(31)25-11-4-3-5-12-26(25)36-27/h4-7,10-12,14-17,24,28,34,36H,3,8-9,13,18-22H2,1-2H3,(H,35,38). The van der Waals surface area contributed by atoms with Gasteiger partial charge in [-0.3, -0.25) is 4.79 Å². The molecule has 0 bridgehead atoms. The predicted octanol–water partition coefficient (Wildman–Crippen LogP) is 4.45. The highest BCUT2D eigenvalue weighted by molar-refractivity contribution is 5.98. The third-order valence-electron chi connectivity index (χ3n) is 7.13. The lowest BCUT2D eigenvalue weighted by Crippen LogP contribution is -2.45. The van der Waals surface area contributed by atoms with Crippen LogP contribution in [0.15, 0.2) is 54.6 Å². The number of aromatic amines is 1. The van der Waals surface area contributed by atoms with Crippen LogP contribution in [0.4, 0.5) is 0 Å². The first-order chi connectivity index (χ1) is 22.4. The van der Waals surface area contributed by atoms with E-state index in [0.29, 0.717) is 43.2 Å². The molecule has 2 unspecified atom stereocenters. The molecule has 0 radical (unpaired) electrons. The Labute approximate surface area is 267 Å². The number of unbranched alkanes of at least 4 members (excludes halogenated alkanes) is 1. The van der Waals surface area contributed by atoms with Crippen molar-refractivity contribution in [1.82, 2.24) is 15.6 Å². The quantitative estimate of drug-likeness (QED) is 0.0742. The molecule has 13 heteroatoms. The number of ether oxygens (including phenoxy) is 4. The van der Waals surface area contributed by atoms with E-state index >= 15 is 0 Å². The number of aromatic nitrogens is 1. The molecule has 4 rings (SSSR count). The summed E-state index contributed by atoms with van der Waals surface area (Å²) in [5, 5.41) is 16.4. The van der Waals surface area contributed by atoms with Gasteiger partial charge in [0.1, 0.15) is 31.1 Å². The summed E-state index contributed by atoms with van der Waals surface area (Å²) in [5.74, 6) is 0.846. The monoisotopic (exact) mass is 636 g/mol. The van der Waals surface area contributed by atoms with Gasteiger partial charge in [-0.15, -0.1) is 10.1 Å². The molecular formula is C33H40N4O9. The molecule has 3 N–H and O–H groups in total. The van der Waals surface area contributed by atoms with Gasteiger partial charge in [0.2, 0.25) is 5.91 Å². The van der Waals surface area contributed by atoms with Crippen LogP contribution in [0.3, 0.4) is 0 Å². The Morgan fingerprint density at radius 3 is 2.57 bits per heavy atom. The zero-order valence-corrected chi connectivity index (χ0v) is 26.0. The number of benzene rings is 2. The maximum absolute atomic E-state index is 13.3. The molecule has 2 aromatic carbocycles. The second-order valence-electron chi connectivity index (χ2n) is 10.6. The van der Waals surface area contributed by atoms with Gasteiger partial charge in [-0.05, 0) is 56.0 Å². The van der Waals surface area contributed by atoms with Gasteiger partial charge in [-0.1, -0.05) is 36.4 Å². The summed E-state index contributed by atoms with van der Waals surface area (Å²) in [7, 11) is 1.58. The van der Waals surface area contributed by atoms with Gasteiger partial charge < -0.3 is 39.4 Å². The van der Waals surface area contributed by atoms with Crippen LogP contribution in [0, 0.1) is 10.1 Å². The number of carbonyl (C=O) groups is 2. The summed E-state index contributed by atoms with van der Waals surface area (Å²) >= 11 is 0. The van der Waals surface area contributed by atoms with Crippen LogP contribution < -0.4 is 24.8 Å². The molecule has 1 heterocycles. The van der Waals surface area contributed by atoms with Gasteiger partial charge >= 0.3 is 5.97 Å². The number of para-hydroxylation sites is 2. The minimum atomic E-state index is -0.940. The van der Waals surface area contributed by atoms with E-state index in [0.717, 1.165) is 28.6 Å². The maximum Gasteiger partial charge on any atom is 0.329 e. The van der Waals surface area contributed by atoms with Gasteiger partial charge in [-0.25, -0.2) is 4.79 Å². The molecule has 246 valence electrons. The van der Waals surface area contributed by atoms with E-state index < -0.39 is 29.1 Å². The largest absolute Gasteiger partial charge is 0.493 e. The molecule has 1 amide bonds. The number of allylic oxidation sites excluding steroid dienone is 2. The first kappa shape index (κ1) is 33.8. The highest BCUT2D eigenvalue weighted by atomic mass is 16.9. The second kappa shape index (κ2) is 17.4. The van der Waals surface area contributed by atoms with Gasteiger partial charge in [0.25, 0.3) is 5.09 Å². The lowest BCUT2D eigenvalue weighted by Gasteiger charge is -2.23. The van der Waals surface area contributed by atoms with E-state index in [-0.39, 0.29) is 26.2 Å². The second-order valence-corrected chi connectivity index (χ2v) is 10.6. The Kier molecular flexibility index (Phi) is 12.8. The molecule has 0 saturated carbocycles. The van der Waals surface area contributed by atoms with Crippen LogP contribution in [-0.2, 0) is 19.2 Å². The van der Waals surface area contributed by atoms with Crippen LogP contribution in [0.1, 0.15) is 43.9 Å². The van der Waals surface area contributed by atoms with E-state index in [2.05, 4.69) is 38.7 Å². The zero-order valence-electron chi connectivity index (χ0n) is 26.0. The average molecular weight is 637 g/mol. The topological polar surface area (TPSA) is 163 Å². The number of carbonyl (C=O) groups excluding carboxylic acids is 2. The number of esters is 1. The normalized spacial score (nSPS) is 13.3. The number of rotatable bonds is 19. The summed E-state index contributed by atoms with van der Waals surface area (Å²) in [6.07, 6.45) is 9.34. The molecule has 1 aliphatic carbocycles. The smallest absolute Gasteiger partial charge is 0.329 e. The predicted molar refractivity (Wildman–Crippen MR) is 172 cm³/mol. The molecule has 3 aromatic rings. The lowest BCUT2D eigenvalue weighted by atomic mass is 10.1. The fourth-order valence-corrected chi connectivity index (χ4v) is 5.02. The van der Waals surface area contributed by atoms with Gasteiger partial charge in [0, 0.05) is 36.7 Å². The Balaban J connectivity index is 1.43. The van der Waals surface area contributed by atoms with E-state index in [1.165, 1.54) is 6.92 Å². The average Bonchev–Trinajstić information content (AvgIpc) is 3.23. The Morgan fingerprint density at radius 2 is 1.78 bits per heavy atom. The van der Waals surface area contributed by atoms with Crippen LogP contribution >= 0.6 is 0 Å². The SMILES string of the molecule is COc1ccccc1OCCNCC(COc1cccc2[nH]c3c(c12)C=CCC=C3)OC(=O)C(CCCCO[N+](=O)[O-])NC(C)=O. The zero-order chi connectivity index (χ0) is 32.7. The van der Waals surface area contributed by atoms with Crippen molar-refractivity contribution in [3.05, 3.63) is 76.0 Å². The van der Waals surface area contributed by atoms with Gasteiger partial charge in [0.05, 0.1) is 19.2 Å². The van der Waals surface area contributed by atoms with Crippen molar-refractivity contribution in [2.24, 2.45) is 0 Å². The summed E-state index contributed by atoms with van der Waals surface area (Å²) in [5.41, 5.74) is 2.93. The Hall–Kier alpha value is -5.04. The maximum atomic E-state index is 13.3. The van der Waals surface area contributed by atoms with E-state index in [4.69, 9.17) is 18.9 Å². The minimum absolute atomic E-state index is 0.0359. The van der Waals surface area contributed by atoms with E-state index in [9.17, 15) is 19.7 Å². The van der Waals surface area contributed by atoms with Gasteiger partial charge in [0.15, 0.2) is 11.5 Å². The number of fused-ring (bicyclic) bond motifs is 3. The summed E-state index contributed by atoms with van der Waals surface area (Å²) < 4.78 is 23.3. The molecule has 13 nitrogen and oxygen atoms in total. The van der Waals surface area contributed by atoms with Crippen LogP contribution in [0.2, 0.25) is 0 Å². The fraction of sp³-hybridized carbons (Fsp3) is 0.394. The van der Waals surface area contributed by atoms with Crippen molar-refractivity contribution in [2.75, 3.05) is 40.0 Å². The van der Waals surface area contributed by atoms with Crippen molar-refractivity contribution in [3.8, 4) is 17.2 Å². The first-order valence-electron chi connectivity index (χ1n) is 15.2. The highest BCUT2D eigenvalue weighted by Crippen LogP contribution is 2.34. The molecule has 46 heavy (non-hydrogen) atoms. The van der Waals surface area contributed by atoms with Crippen LogP contribution in [-0.4, -0.2) is 74.1 Å². The molecule has 0 saturated heterocycles. The number of amides is 1. The number of hydrogen-bond donors (Lipinski definition) is 3.